The maximum absolute atomic E-state index is 14.2. The Balaban J connectivity index is 1.31. The number of hydrogen-bond acceptors (Lipinski definition) is 5. The summed E-state index contributed by atoms with van der Waals surface area (Å²) in [4.78, 5) is 36.6. The van der Waals surface area contributed by atoms with Crippen molar-refractivity contribution in [3.63, 3.8) is 0 Å². The molecule has 3 aliphatic heterocycles. The summed E-state index contributed by atoms with van der Waals surface area (Å²) < 4.78 is 0. The minimum atomic E-state index is -0.311. The second-order valence-corrected chi connectivity index (χ2v) is 20.0. The standard InChI is InChI=1S/C55H78N4O2S/c1-9-11-13-15-17-19-21-27-39-58-45-31-25-23-29-43(45)54(3,4)47(58)37-35-41-33-34-42(49(41)50-51(60)56(7)53(62)57(8)52(50)61)36-38-48-55(5,6)44-30-24-26-32-46(44)59(48)40-28-22-20-18-16-14-12-10-2/h23-26,29-32,35-37,48H,9-22,27-28,33-34,38-40H2,1-8H3/b41-35+,42-36+,47-37+. The predicted molar refractivity (Wildman–Crippen MR) is 266 cm³/mol. The molecular formula is C55H78N4O2S. The molecule has 1 saturated carbocycles. The van der Waals surface area contributed by atoms with Crippen LogP contribution in [0.25, 0.3) is 0 Å². The molecule has 4 aliphatic rings. The number of thiocarbonyl (C=S) groups is 1. The van der Waals surface area contributed by atoms with Crippen LogP contribution in [-0.2, 0) is 20.4 Å². The molecule has 2 aromatic rings. The maximum Gasteiger partial charge on any atom is 0.266 e. The number of unbranched alkanes of at least 4 members (excludes halogenated alkanes) is 14. The number of benzene rings is 2. The molecule has 1 atom stereocenters. The number of nitrogens with zero attached hydrogens (tertiary/aromatic N) is 4. The largest absolute Gasteiger partial charge is 0.367 e. The maximum atomic E-state index is 14.2. The fourth-order valence-electron chi connectivity index (χ4n) is 10.8. The van der Waals surface area contributed by atoms with Crippen LogP contribution in [0.4, 0.5) is 11.4 Å². The first-order chi connectivity index (χ1) is 29.9. The third-order valence-electron chi connectivity index (χ3n) is 14.6. The van der Waals surface area contributed by atoms with E-state index in [1.807, 2.05) is 0 Å². The topological polar surface area (TPSA) is 47.1 Å². The zero-order valence-corrected chi connectivity index (χ0v) is 40.6. The summed E-state index contributed by atoms with van der Waals surface area (Å²) >= 11 is 5.57. The summed E-state index contributed by atoms with van der Waals surface area (Å²) in [6.45, 7) is 16.0. The van der Waals surface area contributed by atoms with Gasteiger partial charge in [0.25, 0.3) is 11.8 Å². The fraction of sp³-hybridized carbons (Fsp3) is 0.582. The minimum absolute atomic E-state index is 0.0620. The normalized spacial score (nSPS) is 21.5. The SMILES string of the molecule is CCCCCCCCCCN1/C(=C/C=C2\CC/C(=C\CC3N(CCCCCCCCCC)c4ccccc4C3(C)C)C2=C2C(=O)N(C)C(=S)N(C)C2=O)C(C)(C)c2ccccc21. The van der Waals surface area contributed by atoms with E-state index in [0.717, 1.165) is 55.5 Å². The zero-order valence-electron chi connectivity index (χ0n) is 39.8. The molecule has 6 rings (SSSR count). The average Bonchev–Trinajstić information content (AvgIpc) is 3.83. The first-order valence-electron chi connectivity index (χ1n) is 24.5. The third kappa shape index (κ3) is 10.2. The molecule has 2 aromatic carbocycles. The van der Waals surface area contributed by atoms with Crippen molar-refractivity contribution in [2.24, 2.45) is 0 Å². The summed E-state index contributed by atoms with van der Waals surface area (Å²) in [6.07, 6.45) is 30.0. The second kappa shape index (κ2) is 21.6. The van der Waals surface area contributed by atoms with Gasteiger partial charge in [0.1, 0.15) is 5.57 Å². The Labute approximate surface area is 381 Å². The van der Waals surface area contributed by atoms with Crippen LogP contribution < -0.4 is 9.80 Å². The molecule has 0 radical (unpaired) electrons. The summed E-state index contributed by atoms with van der Waals surface area (Å²) in [6, 6.07) is 18.1. The van der Waals surface area contributed by atoms with Crippen molar-refractivity contribution in [1.82, 2.24) is 9.80 Å². The Kier molecular flexibility index (Phi) is 16.6. The molecule has 1 aliphatic carbocycles. The molecular weight excluding hydrogens is 781 g/mol. The van der Waals surface area contributed by atoms with Gasteiger partial charge in [-0.2, -0.15) is 0 Å². The van der Waals surface area contributed by atoms with Crippen LogP contribution in [0.3, 0.4) is 0 Å². The van der Waals surface area contributed by atoms with Crippen LogP contribution >= 0.6 is 12.2 Å². The molecule has 3 heterocycles. The van der Waals surface area contributed by atoms with Gasteiger partial charge in [-0.3, -0.25) is 19.4 Å². The van der Waals surface area contributed by atoms with Crippen molar-refractivity contribution >= 4 is 40.5 Å². The smallest absolute Gasteiger partial charge is 0.266 e. The number of amides is 2. The van der Waals surface area contributed by atoms with Crippen LogP contribution in [-0.4, -0.2) is 60.0 Å². The lowest BCUT2D eigenvalue weighted by atomic mass is 9.78. The van der Waals surface area contributed by atoms with Gasteiger partial charge in [0.05, 0.1) is 0 Å². The Hall–Kier alpha value is -3.97. The molecule has 0 N–H and O–H groups in total. The van der Waals surface area contributed by atoms with Crippen LogP contribution in [0.1, 0.15) is 175 Å². The highest BCUT2D eigenvalue weighted by Crippen LogP contribution is 2.50. The molecule has 336 valence electrons. The van der Waals surface area contributed by atoms with Gasteiger partial charge in [-0.1, -0.05) is 180 Å². The number of para-hydroxylation sites is 2. The molecule has 2 amide bonds. The number of hydrogen-bond donors (Lipinski definition) is 0. The van der Waals surface area contributed by atoms with Crippen LogP contribution in [0, 0.1) is 0 Å². The highest BCUT2D eigenvalue weighted by molar-refractivity contribution is 7.80. The van der Waals surface area contributed by atoms with E-state index in [1.165, 1.54) is 134 Å². The fourth-order valence-corrected chi connectivity index (χ4v) is 11.0. The number of carbonyl (C=O) groups is 2. The van der Waals surface area contributed by atoms with Crippen molar-refractivity contribution < 1.29 is 9.59 Å². The van der Waals surface area contributed by atoms with E-state index in [9.17, 15) is 9.59 Å². The van der Waals surface area contributed by atoms with Crippen LogP contribution in [0.15, 0.2) is 94.7 Å². The van der Waals surface area contributed by atoms with Crippen LogP contribution in [0.2, 0.25) is 0 Å². The number of allylic oxidation sites excluding steroid dienone is 6. The zero-order chi connectivity index (χ0) is 44.4. The van der Waals surface area contributed by atoms with Crippen LogP contribution in [0.5, 0.6) is 0 Å². The van der Waals surface area contributed by atoms with E-state index in [4.69, 9.17) is 12.2 Å². The van der Waals surface area contributed by atoms with Gasteiger partial charge in [-0.15, -0.1) is 0 Å². The van der Waals surface area contributed by atoms with Gasteiger partial charge in [-0.25, -0.2) is 0 Å². The molecule has 1 saturated heterocycles. The van der Waals surface area contributed by atoms with Gasteiger partial charge in [0.2, 0.25) is 0 Å². The Morgan fingerprint density at radius 2 is 1.11 bits per heavy atom. The third-order valence-corrected chi connectivity index (χ3v) is 15.1. The average molecular weight is 859 g/mol. The molecule has 0 bridgehead atoms. The van der Waals surface area contributed by atoms with E-state index >= 15 is 0 Å². The minimum Gasteiger partial charge on any atom is -0.367 e. The lowest BCUT2D eigenvalue weighted by molar-refractivity contribution is -0.132. The Morgan fingerprint density at radius 1 is 0.613 bits per heavy atom. The Bertz CT molecular complexity index is 2010. The van der Waals surface area contributed by atoms with Crippen molar-refractivity contribution in [3.05, 3.63) is 106 Å². The highest BCUT2D eigenvalue weighted by atomic mass is 32.1. The van der Waals surface area contributed by atoms with E-state index < -0.39 is 0 Å². The van der Waals surface area contributed by atoms with Gasteiger partial charge in [0.15, 0.2) is 5.11 Å². The number of carbonyl (C=O) groups excluding carboxylic acids is 2. The molecule has 1 unspecified atom stereocenters. The quantitative estimate of drug-likeness (QED) is 0.0542. The summed E-state index contributed by atoms with van der Waals surface area (Å²) in [7, 11) is 3.39. The summed E-state index contributed by atoms with van der Waals surface area (Å²) in [5.74, 6) is -0.622. The van der Waals surface area contributed by atoms with E-state index in [0.29, 0.717) is 0 Å². The highest BCUT2D eigenvalue weighted by Gasteiger charge is 2.45. The molecule has 2 fully saturated rings. The van der Waals surface area contributed by atoms with E-state index in [2.05, 4.69) is 118 Å². The second-order valence-electron chi connectivity index (χ2n) is 19.7. The molecule has 0 spiro atoms. The van der Waals surface area contributed by atoms with Crippen molar-refractivity contribution in [3.8, 4) is 0 Å². The summed E-state index contributed by atoms with van der Waals surface area (Å²) in [5.41, 5.74) is 9.63. The monoisotopic (exact) mass is 859 g/mol. The molecule has 7 heteroatoms. The predicted octanol–water partition coefficient (Wildman–Crippen LogP) is 13.7. The van der Waals surface area contributed by atoms with Gasteiger partial charge in [0, 0.05) is 61.1 Å². The number of anilines is 2. The van der Waals surface area contributed by atoms with Gasteiger partial charge >= 0.3 is 0 Å². The lowest BCUT2D eigenvalue weighted by Gasteiger charge is -2.35. The number of fused-ring (bicyclic) bond motifs is 2. The van der Waals surface area contributed by atoms with Crippen molar-refractivity contribution in [2.45, 2.75) is 180 Å². The van der Waals surface area contributed by atoms with Gasteiger partial charge < -0.3 is 9.80 Å². The van der Waals surface area contributed by atoms with Gasteiger partial charge in [-0.05, 0) is 90.4 Å². The first-order valence-corrected chi connectivity index (χ1v) is 25.0. The Morgan fingerprint density at radius 3 is 1.71 bits per heavy atom. The number of likely N-dealkylation sites (N-methyl/N-ethyl adjacent to an activating group) is 2. The number of rotatable bonds is 21. The lowest BCUT2D eigenvalue weighted by Crippen LogP contribution is -2.53. The molecule has 0 aromatic heterocycles. The summed E-state index contributed by atoms with van der Waals surface area (Å²) in [5, 5.41) is 0.240. The molecule has 62 heavy (non-hydrogen) atoms. The first kappa shape index (κ1) is 47.5. The van der Waals surface area contributed by atoms with E-state index in [1.54, 1.807) is 14.1 Å². The van der Waals surface area contributed by atoms with Crippen molar-refractivity contribution in [2.75, 3.05) is 37.0 Å². The van der Waals surface area contributed by atoms with E-state index in [-0.39, 0.29) is 39.4 Å². The molecule has 6 nitrogen and oxygen atoms in total. The van der Waals surface area contributed by atoms with Crippen molar-refractivity contribution in [1.29, 1.82) is 0 Å².